The predicted molar refractivity (Wildman–Crippen MR) is 56.6 cm³/mol. The first-order valence-corrected chi connectivity index (χ1v) is 5.00. The van der Waals surface area contributed by atoms with Gasteiger partial charge in [0.15, 0.2) is 5.60 Å². The van der Waals surface area contributed by atoms with Crippen LogP contribution in [0.1, 0.15) is 41.0 Å². The van der Waals surface area contributed by atoms with Crippen molar-refractivity contribution >= 4 is 12.3 Å². The Bertz CT molecular complexity index is 225. The molecule has 0 radical (unpaired) electrons. The van der Waals surface area contributed by atoms with Crippen LogP contribution in [0.3, 0.4) is 0 Å². The van der Waals surface area contributed by atoms with E-state index in [0.29, 0.717) is 0 Å². The van der Waals surface area contributed by atoms with E-state index in [1.54, 1.807) is 34.6 Å². The Balaban J connectivity index is 4.19. The number of aldehydes is 1. The summed E-state index contributed by atoms with van der Waals surface area (Å²) in [6.07, 6.45) is 1.04. The summed E-state index contributed by atoms with van der Waals surface area (Å²) in [5.74, 6) is -0.416. The molecule has 4 heteroatoms. The van der Waals surface area contributed by atoms with E-state index in [1.807, 2.05) is 0 Å². The lowest BCUT2D eigenvalue weighted by Crippen LogP contribution is -2.41. The van der Waals surface area contributed by atoms with Gasteiger partial charge in [0.1, 0.15) is 11.9 Å². The second-order valence-corrected chi connectivity index (χ2v) is 4.82. The van der Waals surface area contributed by atoms with Crippen LogP contribution in [0.15, 0.2) is 0 Å². The van der Waals surface area contributed by atoms with Crippen molar-refractivity contribution in [3.8, 4) is 0 Å². The summed E-state index contributed by atoms with van der Waals surface area (Å²) in [6, 6.07) is 0. The van der Waals surface area contributed by atoms with Gasteiger partial charge in [-0.1, -0.05) is 0 Å². The van der Waals surface area contributed by atoms with Gasteiger partial charge in [0, 0.05) is 6.42 Å². The highest BCUT2D eigenvalue weighted by Gasteiger charge is 2.33. The quantitative estimate of drug-likeness (QED) is 0.399. The van der Waals surface area contributed by atoms with Crippen LogP contribution >= 0.6 is 0 Å². The fraction of sp³-hybridized carbons (Fsp3) is 0.818. The van der Waals surface area contributed by atoms with Crippen molar-refractivity contribution in [2.24, 2.45) is 0 Å². The van der Waals surface area contributed by atoms with Gasteiger partial charge in [-0.15, -0.1) is 0 Å². The van der Waals surface area contributed by atoms with Crippen LogP contribution in [-0.2, 0) is 19.1 Å². The fourth-order valence-corrected chi connectivity index (χ4v) is 0.822. The van der Waals surface area contributed by atoms with Gasteiger partial charge in [0.2, 0.25) is 0 Å². The summed E-state index contributed by atoms with van der Waals surface area (Å²) >= 11 is 0. The first-order chi connectivity index (χ1) is 6.69. The molecule has 0 amide bonds. The van der Waals surface area contributed by atoms with Crippen molar-refractivity contribution in [1.29, 1.82) is 0 Å². The van der Waals surface area contributed by atoms with Gasteiger partial charge in [0.25, 0.3) is 0 Å². The molecule has 0 aliphatic heterocycles. The maximum Gasteiger partial charge on any atom is 0.338 e. The standard InChI is InChI=1S/C11H20O4/c1-10(2,3)15-9(13)11(4,5)14-8-6-7-12/h7H,6,8H2,1-5H3. The Kier molecular flexibility index (Phi) is 4.94. The largest absolute Gasteiger partial charge is 0.458 e. The minimum absolute atomic E-state index is 0.232. The first-order valence-electron chi connectivity index (χ1n) is 5.00. The van der Waals surface area contributed by atoms with E-state index in [9.17, 15) is 9.59 Å². The molecule has 0 aromatic heterocycles. The van der Waals surface area contributed by atoms with Gasteiger partial charge in [0.05, 0.1) is 6.61 Å². The van der Waals surface area contributed by atoms with Crippen LogP contribution in [0.5, 0.6) is 0 Å². The Morgan fingerprint density at radius 2 is 1.73 bits per heavy atom. The maximum atomic E-state index is 11.6. The fourth-order valence-electron chi connectivity index (χ4n) is 0.822. The molecule has 0 spiro atoms. The molecule has 0 unspecified atom stereocenters. The van der Waals surface area contributed by atoms with Crippen LogP contribution in [0.4, 0.5) is 0 Å². The van der Waals surface area contributed by atoms with Crippen LogP contribution in [0.25, 0.3) is 0 Å². The number of hydrogen-bond acceptors (Lipinski definition) is 4. The van der Waals surface area contributed by atoms with Crippen molar-refractivity contribution in [3.05, 3.63) is 0 Å². The Labute approximate surface area is 90.9 Å². The van der Waals surface area contributed by atoms with Crippen molar-refractivity contribution in [3.63, 3.8) is 0 Å². The molecular weight excluding hydrogens is 196 g/mol. The Hall–Kier alpha value is -0.900. The molecule has 88 valence electrons. The molecule has 0 aromatic carbocycles. The van der Waals surface area contributed by atoms with E-state index in [4.69, 9.17) is 9.47 Å². The van der Waals surface area contributed by atoms with Crippen molar-refractivity contribution in [1.82, 2.24) is 0 Å². The normalized spacial score (nSPS) is 12.3. The predicted octanol–water partition coefficient (Wildman–Crippen LogP) is 1.71. The van der Waals surface area contributed by atoms with E-state index in [0.717, 1.165) is 6.29 Å². The van der Waals surface area contributed by atoms with Crippen LogP contribution in [0, 0.1) is 0 Å². The van der Waals surface area contributed by atoms with Crippen molar-refractivity contribution < 1.29 is 19.1 Å². The summed E-state index contributed by atoms with van der Waals surface area (Å²) in [4.78, 5) is 21.7. The van der Waals surface area contributed by atoms with Crippen LogP contribution in [0.2, 0.25) is 0 Å². The average Bonchev–Trinajstić information content (AvgIpc) is 2.01. The molecule has 0 saturated heterocycles. The average molecular weight is 216 g/mol. The first kappa shape index (κ1) is 14.1. The Morgan fingerprint density at radius 1 is 1.20 bits per heavy atom. The summed E-state index contributed by atoms with van der Waals surface area (Å²) in [7, 11) is 0. The second kappa shape index (κ2) is 5.26. The van der Waals surface area contributed by atoms with Crippen molar-refractivity contribution in [2.45, 2.75) is 52.2 Å². The molecule has 0 aliphatic rings. The maximum absolute atomic E-state index is 11.6. The number of ether oxygens (including phenoxy) is 2. The summed E-state index contributed by atoms with van der Waals surface area (Å²) in [5, 5.41) is 0. The van der Waals surface area contributed by atoms with Gasteiger partial charge in [-0.2, -0.15) is 0 Å². The highest BCUT2D eigenvalue weighted by Crippen LogP contribution is 2.17. The monoisotopic (exact) mass is 216 g/mol. The highest BCUT2D eigenvalue weighted by molar-refractivity contribution is 5.78. The zero-order valence-electron chi connectivity index (χ0n) is 10.1. The molecule has 15 heavy (non-hydrogen) atoms. The van der Waals surface area contributed by atoms with Crippen LogP contribution in [-0.4, -0.2) is 30.1 Å². The zero-order valence-corrected chi connectivity index (χ0v) is 10.1. The van der Waals surface area contributed by atoms with Gasteiger partial charge >= 0.3 is 5.97 Å². The molecule has 4 nitrogen and oxygen atoms in total. The number of esters is 1. The number of hydrogen-bond donors (Lipinski definition) is 0. The molecule has 0 atom stereocenters. The third kappa shape index (κ3) is 6.23. The lowest BCUT2D eigenvalue weighted by Gasteiger charge is -2.28. The molecule has 0 saturated carbocycles. The third-order valence-electron chi connectivity index (χ3n) is 1.59. The second-order valence-electron chi connectivity index (χ2n) is 4.82. The summed E-state index contributed by atoms with van der Waals surface area (Å²) in [5.41, 5.74) is -1.53. The van der Waals surface area contributed by atoms with E-state index >= 15 is 0 Å². The Morgan fingerprint density at radius 3 is 2.13 bits per heavy atom. The molecular formula is C11H20O4. The molecule has 0 N–H and O–H groups in total. The SMILES string of the molecule is CC(C)(C)OC(=O)C(C)(C)OCCC=O. The van der Waals surface area contributed by atoms with Gasteiger partial charge < -0.3 is 14.3 Å². The number of carbonyl (C=O) groups excluding carboxylic acids is 2. The van der Waals surface area contributed by atoms with Crippen molar-refractivity contribution in [2.75, 3.05) is 6.61 Å². The lowest BCUT2D eigenvalue weighted by atomic mass is 10.1. The highest BCUT2D eigenvalue weighted by atomic mass is 16.6. The zero-order chi connectivity index (χ0) is 12.1. The smallest absolute Gasteiger partial charge is 0.338 e. The van der Waals surface area contributed by atoms with Gasteiger partial charge in [-0.3, -0.25) is 0 Å². The molecule has 0 aliphatic carbocycles. The molecule has 0 fully saturated rings. The van der Waals surface area contributed by atoms with Gasteiger partial charge in [-0.05, 0) is 34.6 Å². The minimum atomic E-state index is -1.00. The molecule has 0 aromatic rings. The van der Waals surface area contributed by atoms with E-state index < -0.39 is 17.2 Å². The topological polar surface area (TPSA) is 52.6 Å². The third-order valence-corrected chi connectivity index (χ3v) is 1.59. The molecule has 0 heterocycles. The molecule has 0 rings (SSSR count). The van der Waals surface area contributed by atoms with Crippen LogP contribution < -0.4 is 0 Å². The van der Waals surface area contributed by atoms with E-state index in [-0.39, 0.29) is 13.0 Å². The van der Waals surface area contributed by atoms with Gasteiger partial charge in [-0.25, -0.2) is 4.79 Å². The summed E-state index contributed by atoms with van der Waals surface area (Å²) < 4.78 is 10.5. The summed E-state index contributed by atoms with van der Waals surface area (Å²) in [6.45, 7) is 8.89. The lowest BCUT2D eigenvalue weighted by molar-refractivity contribution is -0.179. The number of carbonyl (C=O) groups is 2. The van der Waals surface area contributed by atoms with E-state index in [1.165, 1.54) is 0 Å². The van der Waals surface area contributed by atoms with E-state index in [2.05, 4.69) is 0 Å². The molecule has 0 bridgehead atoms. The minimum Gasteiger partial charge on any atom is -0.458 e. The number of rotatable bonds is 5.